The Labute approximate surface area is 94.2 Å². The largest absolute Gasteiger partial charge is 0.317 e. The molecule has 2 rings (SSSR count). The van der Waals surface area contributed by atoms with E-state index < -0.39 is 0 Å². The van der Waals surface area contributed by atoms with E-state index in [1.807, 2.05) is 0 Å². The molecule has 88 valence electrons. The lowest BCUT2D eigenvalue weighted by Crippen LogP contribution is -2.37. The molecule has 0 spiro atoms. The van der Waals surface area contributed by atoms with Crippen LogP contribution in [0.3, 0.4) is 0 Å². The standard InChI is InChI=1S/C13H26N2/c1-14-13-8-4-5-11(9-13)10-15-12-6-2-3-7-12/h11-15H,2-10H2,1H3. The minimum absolute atomic E-state index is 0.786. The highest BCUT2D eigenvalue weighted by atomic mass is 14.9. The Morgan fingerprint density at radius 1 is 0.933 bits per heavy atom. The van der Waals surface area contributed by atoms with Gasteiger partial charge in [0.25, 0.3) is 0 Å². The lowest BCUT2D eigenvalue weighted by Gasteiger charge is -2.30. The molecule has 2 fully saturated rings. The molecule has 0 radical (unpaired) electrons. The first-order valence-corrected chi connectivity index (χ1v) is 6.79. The zero-order chi connectivity index (χ0) is 10.5. The van der Waals surface area contributed by atoms with Crippen LogP contribution in [0.15, 0.2) is 0 Å². The van der Waals surface area contributed by atoms with Crippen LogP contribution in [0, 0.1) is 5.92 Å². The number of hydrogen-bond acceptors (Lipinski definition) is 2. The van der Waals surface area contributed by atoms with Crippen molar-refractivity contribution in [1.82, 2.24) is 10.6 Å². The predicted octanol–water partition coefficient (Wildman–Crippen LogP) is 2.30. The normalized spacial score (nSPS) is 33.4. The van der Waals surface area contributed by atoms with E-state index in [1.165, 1.54) is 57.9 Å². The molecule has 2 saturated carbocycles. The van der Waals surface area contributed by atoms with Gasteiger partial charge in [-0.2, -0.15) is 0 Å². The number of nitrogens with one attached hydrogen (secondary N) is 2. The van der Waals surface area contributed by atoms with Gasteiger partial charge in [0, 0.05) is 12.1 Å². The van der Waals surface area contributed by atoms with Crippen LogP contribution in [0.4, 0.5) is 0 Å². The maximum absolute atomic E-state index is 3.77. The average Bonchev–Trinajstić information content (AvgIpc) is 2.79. The molecular weight excluding hydrogens is 184 g/mol. The van der Waals surface area contributed by atoms with Crippen LogP contribution in [0.1, 0.15) is 51.4 Å². The maximum Gasteiger partial charge on any atom is 0.00671 e. The lowest BCUT2D eigenvalue weighted by atomic mass is 9.85. The zero-order valence-corrected chi connectivity index (χ0v) is 10.1. The molecule has 2 aliphatic rings. The van der Waals surface area contributed by atoms with Crippen LogP contribution in [0.25, 0.3) is 0 Å². The SMILES string of the molecule is CNC1CCCC(CNC2CCCC2)C1. The highest BCUT2D eigenvalue weighted by Gasteiger charge is 2.22. The molecule has 0 saturated heterocycles. The average molecular weight is 210 g/mol. The van der Waals surface area contributed by atoms with Gasteiger partial charge in [-0.3, -0.25) is 0 Å². The Morgan fingerprint density at radius 2 is 1.67 bits per heavy atom. The van der Waals surface area contributed by atoms with Crippen molar-refractivity contribution in [3.8, 4) is 0 Å². The molecule has 0 aromatic heterocycles. The Kier molecular flexibility index (Phi) is 4.45. The Bertz CT molecular complexity index is 175. The molecule has 0 bridgehead atoms. The minimum atomic E-state index is 0.786. The van der Waals surface area contributed by atoms with E-state index in [0.717, 1.165) is 18.0 Å². The fourth-order valence-corrected chi connectivity index (χ4v) is 3.20. The van der Waals surface area contributed by atoms with Gasteiger partial charge in [0.2, 0.25) is 0 Å². The van der Waals surface area contributed by atoms with Gasteiger partial charge in [-0.15, -0.1) is 0 Å². The summed E-state index contributed by atoms with van der Waals surface area (Å²) in [5.74, 6) is 0.928. The molecule has 2 unspecified atom stereocenters. The first-order valence-electron chi connectivity index (χ1n) is 6.79. The summed E-state index contributed by atoms with van der Waals surface area (Å²) in [4.78, 5) is 0. The summed E-state index contributed by atoms with van der Waals surface area (Å²) >= 11 is 0. The second-order valence-corrected chi connectivity index (χ2v) is 5.41. The highest BCUT2D eigenvalue weighted by molar-refractivity contribution is 4.80. The van der Waals surface area contributed by atoms with Crippen molar-refractivity contribution in [2.24, 2.45) is 5.92 Å². The molecule has 0 aromatic carbocycles. The van der Waals surface area contributed by atoms with Gasteiger partial charge in [0.1, 0.15) is 0 Å². The fourth-order valence-electron chi connectivity index (χ4n) is 3.20. The van der Waals surface area contributed by atoms with E-state index >= 15 is 0 Å². The Hall–Kier alpha value is -0.0800. The van der Waals surface area contributed by atoms with Gasteiger partial charge in [0.15, 0.2) is 0 Å². The van der Waals surface area contributed by atoms with E-state index in [9.17, 15) is 0 Å². The van der Waals surface area contributed by atoms with Crippen molar-refractivity contribution >= 4 is 0 Å². The van der Waals surface area contributed by atoms with E-state index in [0.29, 0.717) is 0 Å². The fraction of sp³-hybridized carbons (Fsp3) is 1.00. The van der Waals surface area contributed by atoms with Gasteiger partial charge in [-0.25, -0.2) is 0 Å². The number of hydrogen-bond donors (Lipinski definition) is 2. The van der Waals surface area contributed by atoms with Crippen LogP contribution >= 0.6 is 0 Å². The van der Waals surface area contributed by atoms with Crippen molar-refractivity contribution in [2.75, 3.05) is 13.6 Å². The van der Waals surface area contributed by atoms with Gasteiger partial charge in [-0.1, -0.05) is 19.3 Å². The monoisotopic (exact) mass is 210 g/mol. The van der Waals surface area contributed by atoms with Crippen LogP contribution < -0.4 is 10.6 Å². The lowest BCUT2D eigenvalue weighted by molar-refractivity contribution is 0.278. The summed E-state index contributed by atoms with van der Waals surface area (Å²) in [6, 6.07) is 1.63. The maximum atomic E-state index is 3.77. The minimum Gasteiger partial charge on any atom is -0.317 e. The summed E-state index contributed by atoms with van der Waals surface area (Å²) < 4.78 is 0. The Morgan fingerprint density at radius 3 is 2.40 bits per heavy atom. The topological polar surface area (TPSA) is 24.1 Å². The van der Waals surface area contributed by atoms with Crippen molar-refractivity contribution in [1.29, 1.82) is 0 Å². The molecule has 15 heavy (non-hydrogen) atoms. The second kappa shape index (κ2) is 5.86. The smallest absolute Gasteiger partial charge is 0.00671 e. The molecule has 0 aromatic rings. The third-order valence-electron chi connectivity index (χ3n) is 4.24. The van der Waals surface area contributed by atoms with Crippen LogP contribution in [-0.2, 0) is 0 Å². The number of rotatable bonds is 4. The molecule has 2 atom stereocenters. The van der Waals surface area contributed by atoms with E-state index in [-0.39, 0.29) is 0 Å². The third-order valence-corrected chi connectivity index (χ3v) is 4.24. The van der Waals surface area contributed by atoms with E-state index in [4.69, 9.17) is 0 Å². The van der Waals surface area contributed by atoms with Gasteiger partial charge < -0.3 is 10.6 Å². The van der Waals surface area contributed by atoms with Gasteiger partial charge in [-0.05, 0) is 51.6 Å². The molecule has 0 heterocycles. The van der Waals surface area contributed by atoms with E-state index in [1.54, 1.807) is 0 Å². The Balaban J connectivity index is 1.65. The summed E-state index contributed by atoms with van der Waals surface area (Å²) in [6.07, 6.45) is 11.4. The predicted molar refractivity (Wildman–Crippen MR) is 65.1 cm³/mol. The quantitative estimate of drug-likeness (QED) is 0.744. The van der Waals surface area contributed by atoms with Crippen molar-refractivity contribution < 1.29 is 0 Å². The third kappa shape index (κ3) is 3.46. The highest BCUT2D eigenvalue weighted by Crippen LogP contribution is 2.24. The van der Waals surface area contributed by atoms with Crippen LogP contribution in [-0.4, -0.2) is 25.7 Å². The summed E-state index contributed by atoms with van der Waals surface area (Å²) in [5, 5.41) is 7.20. The zero-order valence-electron chi connectivity index (χ0n) is 10.1. The van der Waals surface area contributed by atoms with Crippen molar-refractivity contribution in [3.63, 3.8) is 0 Å². The molecule has 0 aliphatic heterocycles. The van der Waals surface area contributed by atoms with Gasteiger partial charge >= 0.3 is 0 Å². The molecular formula is C13H26N2. The van der Waals surface area contributed by atoms with E-state index in [2.05, 4.69) is 17.7 Å². The molecule has 2 heteroatoms. The molecule has 2 aliphatic carbocycles. The molecule has 2 N–H and O–H groups in total. The molecule has 2 nitrogen and oxygen atoms in total. The first-order chi connectivity index (χ1) is 7.38. The van der Waals surface area contributed by atoms with Crippen molar-refractivity contribution in [3.05, 3.63) is 0 Å². The second-order valence-electron chi connectivity index (χ2n) is 5.41. The van der Waals surface area contributed by atoms with Crippen molar-refractivity contribution in [2.45, 2.75) is 63.5 Å². The van der Waals surface area contributed by atoms with Gasteiger partial charge in [0.05, 0.1) is 0 Å². The van der Waals surface area contributed by atoms with Crippen LogP contribution in [0.5, 0.6) is 0 Å². The van der Waals surface area contributed by atoms with Crippen LogP contribution in [0.2, 0.25) is 0 Å². The first kappa shape index (κ1) is 11.4. The summed E-state index contributed by atoms with van der Waals surface area (Å²) in [5.41, 5.74) is 0. The molecule has 0 amide bonds. The summed E-state index contributed by atoms with van der Waals surface area (Å²) in [7, 11) is 2.11. The summed E-state index contributed by atoms with van der Waals surface area (Å²) in [6.45, 7) is 1.27.